The van der Waals surface area contributed by atoms with Gasteiger partial charge in [-0.15, -0.1) is 0 Å². The molecule has 122 valence electrons. The Balaban J connectivity index is 1.58. The first-order valence-corrected chi connectivity index (χ1v) is 7.83. The molecule has 4 aliphatic rings. The summed E-state index contributed by atoms with van der Waals surface area (Å²) in [6.07, 6.45) is -0.817. The molecule has 4 aliphatic heterocycles. The van der Waals surface area contributed by atoms with Gasteiger partial charge >= 0.3 is 11.9 Å². The number of hydrogen-bond donors (Lipinski definition) is 1. The molecular formula is C17H18O6. The Bertz CT molecular complexity index is 667. The van der Waals surface area contributed by atoms with Gasteiger partial charge in [-0.05, 0) is 12.1 Å². The molecular weight excluding hydrogens is 300 g/mol. The Morgan fingerprint density at radius 1 is 0.957 bits per heavy atom. The van der Waals surface area contributed by atoms with Crippen molar-refractivity contribution >= 4 is 11.9 Å². The van der Waals surface area contributed by atoms with Crippen LogP contribution in [0.3, 0.4) is 0 Å². The van der Waals surface area contributed by atoms with Gasteiger partial charge in [-0.25, -0.2) is 9.59 Å². The lowest BCUT2D eigenvalue weighted by molar-refractivity contribution is -0.152. The summed E-state index contributed by atoms with van der Waals surface area (Å²) in [5, 5.41) is 9.21. The zero-order valence-electron chi connectivity index (χ0n) is 12.8. The molecule has 0 amide bonds. The van der Waals surface area contributed by atoms with E-state index in [-0.39, 0.29) is 47.4 Å². The third-order valence-corrected chi connectivity index (χ3v) is 5.29. The summed E-state index contributed by atoms with van der Waals surface area (Å²) >= 11 is 0. The van der Waals surface area contributed by atoms with E-state index in [1.807, 2.05) is 6.92 Å². The number of carbonyl (C=O) groups is 2. The van der Waals surface area contributed by atoms with Gasteiger partial charge in [0, 0.05) is 11.8 Å². The number of ether oxygens (including phenoxy) is 3. The first kappa shape index (κ1) is 14.7. The molecule has 4 saturated heterocycles. The van der Waals surface area contributed by atoms with Crippen LogP contribution in [0.2, 0.25) is 0 Å². The fraction of sp³-hybridized carbons (Fsp3) is 0.529. The second-order valence-electron chi connectivity index (χ2n) is 6.57. The minimum atomic E-state index is -1.15. The second kappa shape index (κ2) is 5.04. The number of rotatable bonds is 3. The van der Waals surface area contributed by atoms with Crippen molar-refractivity contribution in [2.45, 2.75) is 44.4 Å². The second-order valence-corrected chi connectivity index (χ2v) is 6.57. The first-order chi connectivity index (χ1) is 11.0. The Hall–Kier alpha value is -1.92. The van der Waals surface area contributed by atoms with Gasteiger partial charge in [-0.1, -0.05) is 26.0 Å². The Morgan fingerprint density at radius 2 is 1.57 bits per heavy atom. The monoisotopic (exact) mass is 318 g/mol. The predicted octanol–water partition coefficient (Wildman–Crippen LogP) is 1.73. The fourth-order valence-electron chi connectivity index (χ4n) is 4.16. The smallest absolute Gasteiger partial charge is 0.339 e. The summed E-state index contributed by atoms with van der Waals surface area (Å²) in [5.74, 6) is -1.37. The van der Waals surface area contributed by atoms with E-state index in [2.05, 4.69) is 6.92 Å². The van der Waals surface area contributed by atoms with E-state index in [1.165, 1.54) is 12.1 Å². The van der Waals surface area contributed by atoms with Crippen molar-refractivity contribution in [3.05, 3.63) is 35.4 Å². The molecule has 4 fully saturated rings. The van der Waals surface area contributed by atoms with E-state index in [0.29, 0.717) is 0 Å². The topological polar surface area (TPSA) is 82.1 Å². The lowest BCUT2D eigenvalue weighted by Crippen LogP contribution is -2.49. The molecule has 7 atom stereocenters. The maximum absolute atomic E-state index is 12.5. The Kier molecular flexibility index (Phi) is 3.21. The minimum absolute atomic E-state index is 0.0475. The first-order valence-electron chi connectivity index (χ1n) is 7.83. The maximum atomic E-state index is 12.5. The molecule has 23 heavy (non-hydrogen) atoms. The highest BCUT2D eigenvalue weighted by Gasteiger charge is 2.65. The van der Waals surface area contributed by atoms with Crippen LogP contribution in [0.5, 0.6) is 0 Å². The number of esters is 1. The lowest BCUT2D eigenvalue weighted by Gasteiger charge is -2.38. The highest BCUT2D eigenvalue weighted by molar-refractivity contribution is 6.02. The Morgan fingerprint density at radius 3 is 2.26 bits per heavy atom. The average Bonchev–Trinajstić information content (AvgIpc) is 2.96. The molecule has 4 heterocycles. The molecule has 6 heteroatoms. The van der Waals surface area contributed by atoms with Crippen molar-refractivity contribution in [3.63, 3.8) is 0 Å². The molecule has 0 aromatic heterocycles. The van der Waals surface area contributed by atoms with Gasteiger partial charge in [0.2, 0.25) is 0 Å². The van der Waals surface area contributed by atoms with E-state index in [9.17, 15) is 14.7 Å². The lowest BCUT2D eigenvalue weighted by atomic mass is 9.87. The number of benzene rings is 1. The van der Waals surface area contributed by atoms with Crippen LogP contribution in [-0.2, 0) is 14.2 Å². The number of aromatic carboxylic acids is 1. The molecule has 2 unspecified atom stereocenters. The highest BCUT2D eigenvalue weighted by Crippen LogP contribution is 2.50. The fourth-order valence-corrected chi connectivity index (χ4v) is 4.16. The van der Waals surface area contributed by atoms with E-state index >= 15 is 0 Å². The van der Waals surface area contributed by atoms with Crippen molar-refractivity contribution < 1.29 is 28.9 Å². The van der Waals surface area contributed by atoms with Crippen molar-refractivity contribution in [1.29, 1.82) is 0 Å². The summed E-state index contributed by atoms with van der Waals surface area (Å²) in [5.41, 5.74) is -0.00812. The number of hydrogen-bond acceptors (Lipinski definition) is 5. The van der Waals surface area contributed by atoms with Gasteiger partial charge in [0.15, 0.2) is 6.10 Å². The maximum Gasteiger partial charge on any atom is 0.339 e. The zero-order valence-corrected chi connectivity index (χ0v) is 12.8. The number of carbonyl (C=O) groups excluding carboxylic acids is 1. The van der Waals surface area contributed by atoms with Crippen LogP contribution in [0, 0.1) is 11.8 Å². The van der Waals surface area contributed by atoms with Gasteiger partial charge in [0.25, 0.3) is 0 Å². The minimum Gasteiger partial charge on any atom is -0.478 e. The summed E-state index contributed by atoms with van der Waals surface area (Å²) in [4.78, 5) is 23.7. The summed E-state index contributed by atoms with van der Waals surface area (Å²) < 4.78 is 17.6. The van der Waals surface area contributed by atoms with Crippen molar-refractivity contribution in [2.75, 3.05) is 0 Å². The van der Waals surface area contributed by atoms with Crippen LogP contribution in [0.1, 0.15) is 34.6 Å². The molecule has 6 nitrogen and oxygen atoms in total. The van der Waals surface area contributed by atoms with Gasteiger partial charge in [-0.3, -0.25) is 0 Å². The van der Waals surface area contributed by atoms with E-state index < -0.39 is 18.0 Å². The summed E-state index contributed by atoms with van der Waals surface area (Å²) in [6.45, 7) is 4.13. The van der Waals surface area contributed by atoms with Gasteiger partial charge in [0.05, 0.1) is 23.3 Å². The molecule has 0 spiro atoms. The summed E-state index contributed by atoms with van der Waals surface area (Å²) in [7, 11) is 0. The molecule has 5 rings (SSSR count). The van der Waals surface area contributed by atoms with E-state index in [1.54, 1.807) is 12.1 Å². The molecule has 0 aliphatic carbocycles. The van der Waals surface area contributed by atoms with E-state index in [0.717, 1.165) is 0 Å². The van der Waals surface area contributed by atoms with Crippen LogP contribution in [-0.4, -0.2) is 47.6 Å². The predicted molar refractivity (Wildman–Crippen MR) is 78.3 cm³/mol. The third kappa shape index (κ3) is 2.01. The quantitative estimate of drug-likeness (QED) is 0.855. The third-order valence-electron chi connectivity index (χ3n) is 5.29. The number of carboxylic acids is 1. The summed E-state index contributed by atoms with van der Waals surface area (Å²) in [6, 6.07) is 6.05. The molecule has 1 aromatic carbocycles. The van der Waals surface area contributed by atoms with Crippen LogP contribution in [0.4, 0.5) is 0 Å². The largest absolute Gasteiger partial charge is 0.478 e. The van der Waals surface area contributed by atoms with Gasteiger partial charge < -0.3 is 19.3 Å². The average molecular weight is 318 g/mol. The molecule has 4 bridgehead atoms. The SMILES string of the molecule is C[C@@H]1C2O[C@H]3C(OC(=O)c4ccccc4C(=O)O)[C@H](O[C@@H]13)[C@H]2C. The normalized spacial score (nSPS) is 40.3. The number of carboxylic acid groups (broad SMARTS) is 1. The van der Waals surface area contributed by atoms with Crippen molar-refractivity contribution in [1.82, 2.24) is 0 Å². The highest BCUT2D eigenvalue weighted by atomic mass is 16.6. The van der Waals surface area contributed by atoms with Crippen molar-refractivity contribution in [2.24, 2.45) is 11.8 Å². The molecule has 1 N–H and O–H groups in total. The van der Waals surface area contributed by atoms with Gasteiger partial charge in [-0.2, -0.15) is 0 Å². The van der Waals surface area contributed by atoms with Crippen LogP contribution in [0.15, 0.2) is 24.3 Å². The van der Waals surface area contributed by atoms with Crippen LogP contribution in [0.25, 0.3) is 0 Å². The molecule has 0 radical (unpaired) electrons. The van der Waals surface area contributed by atoms with Crippen LogP contribution < -0.4 is 0 Å². The molecule has 1 aromatic rings. The van der Waals surface area contributed by atoms with Crippen LogP contribution >= 0.6 is 0 Å². The van der Waals surface area contributed by atoms with E-state index in [4.69, 9.17) is 14.2 Å². The van der Waals surface area contributed by atoms with Gasteiger partial charge in [0.1, 0.15) is 12.2 Å². The zero-order chi connectivity index (χ0) is 16.3. The van der Waals surface area contributed by atoms with Crippen molar-refractivity contribution in [3.8, 4) is 0 Å². The Labute approximate surface area is 133 Å². The standard InChI is InChI=1S/C17H18O6/c1-7-11-8(2)13-15(14(21-11)12(7)22-13)23-17(20)10-6-4-3-5-9(10)16(18)19/h3-8,11-15H,1-2H3,(H,18,19)/t7-,8+,11?,12+,13-,14-,15?/m1/s1. The molecule has 0 saturated carbocycles.